The quantitative estimate of drug-likeness (QED) is 0.167. The Morgan fingerprint density at radius 3 is 2.17 bits per heavy atom. The zero-order valence-electron chi connectivity index (χ0n) is 27.9. The lowest BCUT2D eigenvalue weighted by atomic mass is 9.94. The first-order valence-electron chi connectivity index (χ1n) is 16.6. The standard InChI is InChI=1S/C39H44ClN3O4S/c1-28-19-22-34(23-20-28)48(46,47)43(36-24-29(2)18-21-30(36)3)27-38(44)42(26-32-14-10-11-17-35(32)40)37(25-31-12-6-4-7-13-31)39(45)41-33-15-8-5-9-16-33/h4,6-7,10-14,17-24,33,37H,5,8-9,15-16,25-27H2,1-3H3,(H,41,45)/t37-/m0/s1. The zero-order valence-corrected chi connectivity index (χ0v) is 29.4. The molecular formula is C39H44ClN3O4S. The maximum Gasteiger partial charge on any atom is 0.264 e. The number of nitrogens with zero attached hydrogens (tertiary/aromatic N) is 2. The lowest BCUT2D eigenvalue weighted by molar-refractivity contribution is -0.140. The number of aryl methyl sites for hydroxylation is 3. The second-order valence-corrected chi connectivity index (χ2v) is 15.0. The molecule has 0 spiro atoms. The van der Waals surface area contributed by atoms with Crippen molar-refractivity contribution in [1.82, 2.24) is 10.2 Å². The third kappa shape index (κ3) is 8.65. The monoisotopic (exact) mass is 685 g/mol. The number of carbonyl (C=O) groups excluding carboxylic acids is 2. The van der Waals surface area contributed by atoms with E-state index >= 15 is 0 Å². The van der Waals surface area contributed by atoms with Crippen molar-refractivity contribution in [3.63, 3.8) is 0 Å². The van der Waals surface area contributed by atoms with Crippen molar-refractivity contribution in [2.75, 3.05) is 10.8 Å². The Bertz CT molecular complexity index is 1820. The Kier molecular flexibility index (Phi) is 11.6. The van der Waals surface area contributed by atoms with Crippen LogP contribution in [0.1, 0.15) is 59.9 Å². The fourth-order valence-corrected chi connectivity index (χ4v) is 7.91. The zero-order chi connectivity index (χ0) is 34.3. The van der Waals surface area contributed by atoms with E-state index in [1.807, 2.05) is 81.4 Å². The summed E-state index contributed by atoms with van der Waals surface area (Å²) in [5.41, 5.74) is 4.44. The van der Waals surface area contributed by atoms with E-state index in [0.717, 1.165) is 48.8 Å². The lowest BCUT2D eigenvalue weighted by Crippen LogP contribution is -2.55. The molecule has 1 N–H and O–H groups in total. The number of sulfonamides is 1. The van der Waals surface area contributed by atoms with E-state index in [1.54, 1.807) is 36.4 Å². The molecule has 0 unspecified atom stereocenters. The number of hydrogen-bond donors (Lipinski definition) is 1. The third-order valence-corrected chi connectivity index (χ3v) is 11.2. The molecule has 1 aliphatic rings. The molecule has 5 rings (SSSR count). The van der Waals surface area contributed by atoms with E-state index in [-0.39, 0.29) is 29.8 Å². The molecule has 0 saturated heterocycles. The van der Waals surface area contributed by atoms with E-state index in [9.17, 15) is 18.0 Å². The maximum atomic E-state index is 14.8. The van der Waals surface area contributed by atoms with Gasteiger partial charge in [0.25, 0.3) is 10.0 Å². The van der Waals surface area contributed by atoms with Gasteiger partial charge in [-0.1, -0.05) is 109 Å². The molecule has 0 bridgehead atoms. The van der Waals surface area contributed by atoms with E-state index in [1.165, 1.54) is 9.21 Å². The average Bonchev–Trinajstić information content (AvgIpc) is 3.08. The largest absolute Gasteiger partial charge is 0.352 e. The molecule has 0 aliphatic heterocycles. The molecule has 9 heteroatoms. The molecule has 2 amide bonds. The average molecular weight is 686 g/mol. The summed E-state index contributed by atoms with van der Waals surface area (Å²) in [6.45, 7) is 5.12. The van der Waals surface area contributed by atoms with Crippen molar-refractivity contribution < 1.29 is 18.0 Å². The second-order valence-electron chi connectivity index (χ2n) is 12.8. The first-order valence-corrected chi connectivity index (χ1v) is 18.4. The van der Waals surface area contributed by atoms with Gasteiger partial charge in [0.05, 0.1) is 10.6 Å². The van der Waals surface area contributed by atoms with Crippen molar-refractivity contribution in [3.05, 3.63) is 130 Å². The molecule has 0 radical (unpaired) electrons. The predicted molar refractivity (Wildman–Crippen MR) is 193 cm³/mol. The summed E-state index contributed by atoms with van der Waals surface area (Å²) < 4.78 is 30.0. The van der Waals surface area contributed by atoms with Crippen LogP contribution in [0.4, 0.5) is 5.69 Å². The molecule has 1 atom stereocenters. The van der Waals surface area contributed by atoms with Crippen LogP contribution in [0.5, 0.6) is 0 Å². The first kappa shape index (κ1) is 35.2. The van der Waals surface area contributed by atoms with Crippen LogP contribution in [0.15, 0.2) is 102 Å². The number of benzene rings is 4. The minimum absolute atomic E-state index is 0.0233. The second kappa shape index (κ2) is 15.8. The number of halogens is 1. The Morgan fingerprint density at radius 1 is 0.833 bits per heavy atom. The van der Waals surface area contributed by atoms with Crippen molar-refractivity contribution in [2.24, 2.45) is 0 Å². The van der Waals surface area contributed by atoms with Crippen molar-refractivity contribution in [1.29, 1.82) is 0 Å². The van der Waals surface area contributed by atoms with Crippen LogP contribution in [0.3, 0.4) is 0 Å². The van der Waals surface area contributed by atoms with Gasteiger partial charge in [0.15, 0.2) is 0 Å². The van der Waals surface area contributed by atoms with Crippen molar-refractivity contribution in [3.8, 4) is 0 Å². The van der Waals surface area contributed by atoms with Crippen LogP contribution < -0.4 is 9.62 Å². The first-order chi connectivity index (χ1) is 23.0. The predicted octanol–water partition coefficient (Wildman–Crippen LogP) is 7.55. The van der Waals surface area contributed by atoms with E-state index in [0.29, 0.717) is 21.8 Å². The molecule has 0 heterocycles. The summed E-state index contributed by atoms with van der Waals surface area (Å²) >= 11 is 6.63. The van der Waals surface area contributed by atoms with Crippen LogP contribution in [-0.4, -0.2) is 43.8 Å². The molecule has 252 valence electrons. The summed E-state index contributed by atoms with van der Waals surface area (Å²) in [7, 11) is -4.19. The summed E-state index contributed by atoms with van der Waals surface area (Å²) in [5, 5.41) is 3.70. The topological polar surface area (TPSA) is 86.8 Å². The molecule has 1 saturated carbocycles. The van der Waals surface area contributed by atoms with Gasteiger partial charge in [0.2, 0.25) is 11.8 Å². The fraction of sp³-hybridized carbons (Fsp3) is 0.333. The van der Waals surface area contributed by atoms with E-state index in [4.69, 9.17) is 11.6 Å². The smallest absolute Gasteiger partial charge is 0.264 e. The normalized spacial score (nSPS) is 14.2. The Hall–Kier alpha value is -4.14. The molecule has 48 heavy (non-hydrogen) atoms. The number of amides is 2. The highest BCUT2D eigenvalue weighted by Gasteiger charge is 2.36. The summed E-state index contributed by atoms with van der Waals surface area (Å²) in [6.07, 6.45) is 5.25. The lowest BCUT2D eigenvalue weighted by Gasteiger charge is -2.35. The van der Waals surface area contributed by atoms with Crippen LogP contribution in [0, 0.1) is 20.8 Å². The molecule has 0 aromatic heterocycles. The van der Waals surface area contributed by atoms with Crippen molar-refractivity contribution in [2.45, 2.75) is 82.8 Å². The Labute approximate surface area is 290 Å². The van der Waals surface area contributed by atoms with Gasteiger partial charge in [-0.15, -0.1) is 0 Å². The highest BCUT2D eigenvalue weighted by Crippen LogP contribution is 2.30. The fourth-order valence-electron chi connectivity index (χ4n) is 6.25. The van der Waals surface area contributed by atoms with E-state index < -0.39 is 28.5 Å². The highest BCUT2D eigenvalue weighted by molar-refractivity contribution is 7.92. The Morgan fingerprint density at radius 2 is 1.48 bits per heavy atom. The summed E-state index contributed by atoms with van der Waals surface area (Å²) in [4.78, 5) is 30.7. The maximum absolute atomic E-state index is 14.8. The molecule has 4 aromatic carbocycles. The molecule has 4 aromatic rings. The number of hydrogen-bond acceptors (Lipinski definition) is 4. The number of nitrogens with one attached hydrogen (secondary N) is 1. The van der Waals surface area contributed by atoms with Crippen LogP contribution in [0.2, 0.25) is 5.02 Å². The summed E-state index contributed by atoms with van der Waals surface area (Å²) in [5.74, 6) is -0.767. The molecule has 1 aliphatic carbocycles. The minimum atomic E-state index is -4.19. The number of rotatable bonds is 12. The van der Waals surface area contributed by atoms with Gasteiger partial charge in [0, 0.05) is 24.0 Å². The van der Waals surface area contributed by atoms with Crippen LogP contribution in [-0.2, 0) is 32.6 Å². The van der Waals surface area contributed by atoms with Crippen LogP contribution in [0.25, 0.3) is 0 Å². The summed E-state index contributed by atoms with van der Waals surface area (Å²) in [6, 6.07) is 28.1. The van der Waals surface area contributed by atoms with Gasteiger partial charge in [-0.25, -0.2) is 8.42 Å². The minimum Gasteiger partial charge on any atom is -0.352 e. The van der Waals surface area contributed by atoms with Gasteiger partial charge >= 0.3 is 0 Å². The van der Waals surface area contributed by atoms with Gasteiger partial charge in [-0.2, -0.15) is 0 Å². The number of carbonyl (C=O) groups is 2. The number of anilines is 1. The highest BCUT2D eigenvalue weighted by atomic mass is 35.5. The third-order valence-electron chi connectivity index (χ3n) is 9.04. The molecule has 1 fully saturated rings. The SMILES string of the molecule is Cc1ccc(S(=O)(=O)N(CC(=O)N(Cc2ccccc2Cl)[C@@H](Cc2ccccc2)C(=O)NC2CCCCC2)c2cc(C)ccc2C)cc1. The Balaban J connectivity index is 1.59. The van der Waals surface area contributed by atoms with Gasteiger partial charge < -0.3 is 10.2 Å². The van der Waals surface area contributed by atoms with Gasteiger partial charge in [-0.3, -0.25) is 13.9 Å². The van der Waals surface area contributed by atoms with Gasteiger partial charge in [-0.05, 0) is 80.1 Å². The van der Waals surface area contributed by atoms with Crippen LogP contribution >= 0.6 is 11.6 Å². The van der Waals surface area contributed by atoms with Crippen molar-refractivity contribution >= 4 is 39.1 Å². The molecular weight excluding hydrogens is 642 g/mol. The van der Waals surface area contributed by atoms with E-state index in [2.05, 4.69) is 5.32 Å². The van der Waals surface area contributed by atoms with Gasteiger partial charge in [0.1, 0.15) is 12.6 Å². The molecule has 7 nitrogen and oxygen atoms in total.